The molecule has 0 saturated carbocycles. The van der Waals surface area contributed by atoms with Crippen molar-refractivity contribution in [3.63, 3.8) is 0 Å². The van der Waals surface area contributed by atoms with Crippen LogP contribution in [0.5, 0.6) is 0 Å². The Morgan fingerprint density at radius 2 is 2.00 bits per heavy atom. The summed E-state index contributed by atoms with van der Waals surface area (Å²) in [6.45, 7) is 0. The van der Waals surface area contributed by atoms with E-state index in [1.807, 2.05) is 4.90 Å². The number of hydrogen-bond donors (Lipinski definition) is 2. The third-order valence-electron chi connectivity index (χ3n) is 4.21. The van der Waals surface area contributed by atoms with Crippen LogP contribution in [0.2, 0.25) is 0 Å². The lowest BCUT2D eigenvalue weighted by Crippen LogP contribution is -2.48. The minimum absolute atomic E-state index is 0.0566. The second-order valence-corrected chi connectivity index (χ2v) is 5.96. The van der Waals surface area contributed by atoms with Crippen molar-refractivity contribution in [3.05, 3.63) is 29.6 Å². The monoisotopic (exact) mass is 291 g/mol. The molecule has 0 spiro atoms. The molecule has 2 saturated heterocycles. The Labute approximate surface area is 122 Å². The number of nitrogens with zero attached hydrogens (tertiary/aromatic N) is 2. The number of pyridine rings is 1. The Kier molecular flexibility index (Phi) is 3.43. The fourth-order valence-electron chi connectivity index (χ4n) is 3.28. The molecule has 5 nitrogen and oxygen atoms in total. The van der Waals surface area contributed by atoms with Crippen molar-refractivity contribution in [3.8, 4) is 0 Å². The van der Waals surface area contributed by atoms with Gasteiger partial charge in [0, 0.05) is 23.8 Å². The van der Waals surface area contributed by atoms with Gasteiger partial charge in [0.1, 0.15) is 10.7 Å². The smallest absolute Gasteiger partial charge is 0.272 e. The maximum absolute atomic E-state index is 12.6. The maximum atomic E-state index is 12.6. The first-order chi connectivity index (χ1) is 9.56. The molecule has 1 aromatic heterocycles. The molecule has 106 valence electrons. The van der Waals surface area contributed by atoms with Crippen LogP contribution in [0, 0.1) is 0 Å². The molecule has 2 fully saturated rings. The average molecular weight is 291 g/mol. The predicted octanol–water partition coefficient (Wildman–Crippen LogP) is 0.844. The van der Waals surface area contributed by atoms with Crippen LogP contribution >= 0.6 is 12.2 Å². The fraction of sp³-hybridized carbons (Fsp3) is 0.500. The van der Waals surface area contributed by atoms with Gasteiger partial charge in [-0.05, 0) is 37.8 Å². The molecule has 2 aliphatic heterocycles. The zero-order valence-electron chi connectivity index (χ0n) is 11.0. The van der Waals surface area contributed by atoms with Gasteiger partial charge in [0.15, 0.2) is 0 Å². The zero-order chi connectivity index (χ0) is 14.3. The van der Waals surface area contributed by atoms with E-state index in [0.717, 1.165) is 12.8 Å². The molecule has 20 heavy (non-hydrogen) atoms. The van der Waals surface area contributed by atoms with Crippen molar-refractivity contribution in [2.45, 2.75) is 43.9 Å². The van der Waals surface area contributed by atoms with Crippen LogP contribution in [0.1, 0.15) is 41.7 Å². The summed E-state index contributed by atoms with van der Waals surface area (Å²) >= 11 is 4.87. The number of thiocarbonyl (C=S) groups is 1. The van der Waals surface area contributed by atoms with E-state index in [-0.39, 0.29) is 29.1 Å². The first-order valence-corrected chi connectivity index (χ1v) is 7.23. The van der Waals surface area contributed by atoms with Crippen molar-refractivity contribution < 1.29 is 9.90 Å². The molecular formula is C14H17N3O2S. The summed E-state index contributed by atoms with van der Waals surface area (Å²) in [6.07, 6.45) is 4.55. The van der Waals surface area contributed by atoms with Gasteiger partial charge in [-0.15, -0.1) is 0 Å². The van der Waals surface area contributed by atoms with E-state index in [0.29, 0.717) is 24.1 Å². The van der Waals surface area contributed by atoms with Gasteiger partial charge in [-0.3, -0.25) is 9.78 Å². The Bertz CT molecular complexity index is 532. The average Bonchev–Trinajstić information content (AvgIpc) is 2.70. The molecule has 2 atom stereocenters. The molecule has 2 bridgehead atoms. The molecule has 0 aromatic carbocycles. The Morgan fingerprint density at radius 3 is 2.50 bits per heavy atom. The number of aliphatic hydroxyl groups excluding tert-OH is 1. The van der Waals surface area contributed by atoms with Crippen LogP contribution in [0.4, 0.5) is 0 Å². The van der Waals surface area contributed by atoms with Gasteiger partial charge in [-0.1, -0.05) is 12.2 Å². The standard InChI is InChI=1S/C14H17N3O2S/c15-13(20)8-1-4-12(16-7-8)14(19)17-9-2-3-10(17)6-11(18)5-9/h1,4,7,9-11,18H,2-3,5-6H2,(H2,15,20). The minimum atomic E-state index is -0.276. The first kappa shape index (κ1) is 13.5. The molecule has 2 unspecified atom stereocenters. The highest BCUT2D eigenvalue weighted by Gasteiger charge is 2.43. The minimum Gasteiger partial charge on any atom is -0.393 e. The number of hydrogen-bond acceptors (Lipinski definition) is 4. The summed E-state index contributed by atoms with van der Waals surface area (Å²) in [5.74, 6) is -0.0566. The number of aromatic nitrogens is 1. The van der Waals surface area contributed by atoms with E-state index in [4.69, 9.17) is 18.0 Å². The molecule has 2 aliphatic rings. The highest BCUT2D eigenvalue weighted by molar-refractivity contribution is 7.80. The number of piperidine rings is 1. The summed E-state index contributed by atoms with van der Waals surface area (Å²) in [5, 5.41) is 9.78. The van der Waals surface area contributed by atoms with Crippen molar-refractivity contribution >= 4 is 23.1 Å². The molecule has 3 N–H and O–H groups in total. The number of fused-ring (bicyclic) bond motifs is 2. The van der Waals surface area contributed by atoms with Crippen molar-refractivity contribution in [2.24, 2.45) is 5.73 Å². The third-order valence-corrected chi connectivity index (χ3v) is 4.45. The number of amides is 1. The van der Waals surface area contributed by atoms with Crippen LogP contribution in [-0.4, -0.2) is 44.1 Å². The zero-order valence-corrected chi connectivity index (χ0v) is 11.8. The summed E-state index contributed by atoms with van der Waals surface area (Å²) in [7, 11) is 0. The second-order valence-electron chi connectivity index (χ2n) is 5.52. The van der Waals surface area contributed by atoms with Gasteiger partial charge < -0.3 is 15.7 Å². The van der Waals surface area contributed by atoms with Crippen LogP contribution < -0.4 is 5.73 Å². The fourth-order valence-corrected chi connectivity index (χ4v) is 3.40. The quantitative estimate of drug-likeness (QED) is 0.790. The van der Waals surface area contributed by atoms with Crippen molar-refractivity contribution in [1.29, 1.82) is 0 Å². The van der Waals surface area contributed by atoms with Crippen LogP contribution in [0.25, 0.3) is 0 Å². The highest BCUT2D eigenvalue weighted by Crippen LogP contribution is 2.36. The number of carbonyl (C=O) groups excluding carboxylic acids is 1. The van der Waals surface area contributed by atoms with E-state index >= 15 is 0 Å². The molecule has 3 rings (SSSR count). The Morgan fingerprint density at radius 1 is 1.35 bits per heavy atom. The third kappa shape index (κ3) is 2.29. The lowest BCUT2D eigenvalue weighted by atomic mass is 9.99. The summed E-state index contributed by atoms with van der Waals surface area (Å²) in [4.78, 5) is 18.9. The number of carbonyl (C=O) groups is 1. The summed E-state index contributed by atoms with van der Waals surface area (Å²) in [6, 6.07) is 3.69. The predicted molar refractivity (Wildman–Crippen MR) is 78.3 cm³/mol. The van der Waals surface area contributed by atoms with E-state index in [2.05, 4.69) is 4.98 Å². The summed E-state index contributed by atoms with van der Waals surface area (Å²) in [5.41, 5.74) is 6.60. The summed E-state index contributed by atoms with van der Waals surface area (Å²) < 4.78 is 0. The largest absolute Gasteiger partial charge is 0.393 e. The number of nitrogens with two attached hydrogens (primary N) is 1. The van der Waals surface area contributed by atoms with Crippen LogP contribution in [0.15, 0.2) is 18.3 Å². The van der Waals surface area contributed by atoms with Crippen LogP contribution in [0.3, 0.4) is 0 Å². The molecule has 1 aromatic rings. The Hall–Kier alpha value is -1.53. The normalized spacial score (nSPS) is 28.4. The molecule has 3 heterocycles. The van der Waals surface area contributed by atoms with Crippen molar-refractivity contribution in [2.75, 3.05) is 0 Å². The van der Waals surface area contributed by atoms with E-state index in [9.17, 15) is 9.90 Å². The van der Waals surface area contributed by atoms with Gasteiger partial charge in [0.2, 0.25) is 0 Å². The van der Waals surface area contributed by atoms with E-state index in [1.54, 1.807) is 12.1 Å². The molecule has 6 heteroatoms. The van der Waals surface area contributed by atoms with Crippen LogP contribution in [-0.2, 0) is 0 Å². The first-order valence-electron chi connectivity index (χ1n) is 6.83. The second kappa shape index (κ2) is 5.10. The SMILES string of the molecule is NC(=S)c1ccc(C(=O)N2C3CCC2CC(O)C3)nc1. The van der Waals surface area contributed by atoms with E-state index < -0.39 is 0 Å². The highest BCUT2D eigenvalue weighted by atomic mass is 32.1. The molecule has 0 radical (unpaired) electrons. The lowest BCUT2D eigenvalue weighted by Gasteiger charge is -2.37. The number of rotatable bonds is 2. The van der Waals surface area contributed by atoms with E-state index in [1.165, 1.54) is 6.20 Å². The Balaban J connectivity index is 1.81. The molecule has 1 amide bonds. The molecule has 0 aliphatic carbocycles. The van der Waals surface area contributed by atoms with Gasteiger partial charge in [0.25, 0.3) is 5.91 Å². The van der Waals surface area contributed by atoms with Gasteiger partial charge in [-0.2, -0.15) is 0 Å². The maximum Gasteiger partial charge on any atom is 0.272 e. The van der Waals surface area contributed by atoms with Gasteiger partial charge >= 0.3 is 0 Å². The van der Waals surface area contributed by atoms with Gasteiger partial charge in [0.05, 0.1) is 6.10 Å². The topological polar surface area (TPSA) is 79.5 Å². The van der Waals surface area contributed by atoms with Crippen molar-refractivity contribution in [1.82, 2.24) is 9.88 Å². The van der Waals surface area contributed by atoms with Gasteiger partial charge in [-0.25, -0.2) is 0 Å². The molecular weight excluding hydrogens is 274 g/mol. The lowest BCUT2D eigenvalue weighted by molar-refractivity contribution is 0.0282. The number of aliphatic hydroxyl groups is 1.